The standard InChI is InChI=1S/C19H27N5O2/c25-18(17-15-9-20-10-16(15)17)21-8-13-7-14-11-23(5-2-6-24(14)22-13)19(26)12-3-1-4-12/h7,12,15-17,20H,1-6,8-11H2,(H,21,25)/t15-,16+,17?. The second-order valence-corrected chi connectivity index (χ2v) is 8.32. The van der Waals surface area contributed by atoms with E-state index in [1.807, 2.05) is 9.58 Å². The lowest BCUT2D eigenvalue weighted by Gasteiger charge is -2.30. The molecule has 7 heteroatoms. The minimum atomic E-state index is 0.173. The Morgan fingerprint density at radius 3 is 2.73 bits per heavy atom. The fourth-order valence-corrected chi connectivity index (χ4v) is 4.81. The van der Waals surface area contributed by atoms with Crippen molar-refractivity contribution in [2.24, 2.45) is 23.7 Å². The highest BCUT2D eigenvalue weighted by atomic mass is 16.2. The highest BCUT2D eigenvalue weighted by Gasteiger charge is 2.56. The Morgan fingerprint density at radius 1 is 1.19 bits per heavy atom. The van der Waals surface area contributed by atoms with Crippen LogP contribution in [0.1, 0.15) is 37.1 Å². The van der Waals surface area contributed by atoms with Gasteiger partial charge in [-0.15, -0.1) is 0 Å². The first-order valence-corrected chi connectivity index (χ1v) is 10.0. The summed E-state index contributed by atoms with van der Waals surface area (Å²) in [6, 6.07) is 2.06. The summed E-state index contributed by atoms with van der Waals surface area (Å²) in [6.45, 7) is 4.76. The lowest BCUT2D eigenvalue weighted by Crippen LogP contribution is -2.38. The smallest absolute Gasteiger partial charge is 0.226 e. The van der Waals surface area contributed by atoms with E-state index in [-0.39, 0.29) is 17.7 Å². The van der Waals surface area contributed by atoms with Crippen LogP contribution in [-0.4, -0.2) is 46.1 Å². The Kier molecular flexibility index (Phi) is 3.99. The molecule has 2 aliphatic heterocycles. The van der Waals surface area contributed by atoms with Crippen LogP contribution in [0, 0.1) is 23.7 Å². The minimum Gasteiger partial charge on any atom is -0.350 e. The molecule has 0 radical (unpaired) electrons. The Balaban J connectivity index is 1.20. The normalized spacial score (nSPS) is 30.2. The molecule has 3 heterocycles. The fourth-order valence-electron chi connectivity index (χ4n) is 4.81. The SMILES string of the molecule is O=C(NCc1cc2n(n1)CCCN(C(=O)C1CCC1)C2)C1[C@H]2CNC[C@@H]12. The van der Waals surface area contributed by atoms with E-state index in [4.69, 9.17) is 0 Å². The van der Waals surface area contributed by atoms with Crippen LogP contribution in [0.5, 0.6) is 0 Å². The molecule has 0 bridgehead atoms. The zero-order valence-electron chi connectivity index (χ0n) is 15.1. The van der Waals surface area contributed by atoms with Gasteiger partial charge in [0.25, 0.3) is 0 Å². The number of fused-ring (bicyclic) bond motifs is 2. The number of aromatic nitrogens is 2. The van der Waals surface area contributed by atoms with Crippen molar-refractivity contribution in [1.82, 2.24) is 25.3 Å². The van der Waals surface area contributed by atoms with Gasteiger partial charge in [0, 0.05) is 24.9 Å². The van der Waals surface area contributed by atoms with Crippen molar-refractivity contribution in [3.63, 3.8) is 0 Å². The number of piperidine rings is 1. The van der Waals surface area contributed by atoms with Gasteiger partial charge in [0.1, 0.15) is 0 Å². The molecule has 3 atom stereocenters. The van der Waals surface area contributed by atoms with Crippen LogP contribution in [0.2, 0.25) is 0 Å². The van der Waals surface area contributed by atoms with Gasteiger partial charge >= 0.3 is 0 Å². The lowest BCUT2D eigenvalue weighted by molar-refractivity contribution is -0.138. The number of amides is 2. The third-order valence-corrected chi connectivity index (χ3v) is 6.67. The summed E-state index contributed by atoms with van der Waals surface area (Å²) < 4.78 is 2.02. The Bertz CT molecular complexity index is 716. The molecule has 1 aromatic rings. The first-order valence-electron chi connectivity index (χ1n) is 10.0. The maximum atomic E-state index is 12.6. The van der Waals surface area contributed by atoms with E-state index >= 15 is 0 Å². The Hall–Kier alpha value is -1.89. The third-order valence-electron chi connectivity index (χ3n) is 6.67. The summed E-state index contributed by atoms with van der Waals surface area (Å²) in [4.78, 5) is 26.9. The number of hydrogen-bond donors (Lipinski definition) is 2. The summed E-state index contributed by atoms with van der Waals surface area (Å²) in [5, 5.41) is 11.0. The number of nitrogens with zero attached hydrogens (tertiary/aromatic N) is 3. The predicted molar refractivity (Wildman–Crippen MR) is 94.8 cm³/mol. The van der Waals surface area contributed by atoms with Crippen molar-refractivity contribution in [3.05, 3.63) is 17.5 Å². The summed E-state index contributed by atoms with van der Waals surface area (Å²) in [6.07, 6.45) is 4.22. The van der Waals surface area contributed by atoms with Gasteiger partial charge < -0.3 is 15.5 Å². The second kappa shape index (κ2) is 6.37. The molecule has 5 rings (SSSR count). The quantitative estimate of drug-likeness (QED) is 0.822. The van der Waals surface area contributed by atoms with E-state index in [1.165, 1.54) is 6.42 Å². The topological polar surface area (TPSA) is 79.3 Å². The van der Waals surface area contributed by atoms with Crippen molar-refractivity contribution in [1.29, 1.82) is 0 Å². The van der Waals surface area contributed by atoms with E-state index in [1.54, 1.807) is 0 Å². The molecule has 1 unspecified atom stereocenters. The maximum absolute atomic E-state index is 12.6. The molecule has 0 aromatic carbocycles. The van der Waals surface area contributed by atoms with Crippen LogP contribution in [0.25, 0.3) is 0 Å². The summed E-state index contributed by atoms with van der Waals surface area (Å²) in [5.41, 5.74) is 1.99. The molecule has 2 amide bonds. The average molecular weight is 357 g/mol. The minimum absolute atomic E-state index is 0.173. The van der Waals surface area contributed by atoms with Gasteiger partial charge in [-0.2, -0.15) is 5.10 Å². The van der Waals surface area contributed by atoms with Gasteiger partial charge in [0.2, 0.25) is 11.8 Å². The number of rotatable bonds is 4. The highest BCUT2D eigenvalue weighted by molar-refractivity contribution is 5.82. The van der Waals surface area contributed by atoms with Crippen LogP contribution in [0.4, 0.5) is 0 Å². The van der Waals surface area contributed by atoms with E-state index in [2.05, 4.69) is 21.8 Å². The van der Waals surface area contributed by atoms with Gasteiger partial charge in [-0.05, 0) is 50.3 Å². The first kappa shape index (κ1) is 16.3. The fraction of sp³-hybridized carbons (Fsp3) is 0.737. The monoisotopic (exact) mass is 357 g/mol. The zero-order valence-corrected chi connectivity index (χ0v) is 15.1. The van der Waals surface area contributed by atoms with Crippen LogP contribution in [0.15, 0.2) is 6.07 Å². The Morgan fingerprint density at radius 2 is 2.00 bits per heavy atom. The van der Waals surface area contributed by atoms with Crippen molar-refractivity contribution in [3.8, 4) is 0 Å². The number of carbonyl (C=O) groups is 2. The molecule has 0 spiro atoms. The van der Waals surface area contributed by atoms with Crippen LogP contribution in [0.3, 0.4) is 0 Å². The largest absolute Gasteiger partial charge is 0.350 e. The van der Waals surface area contributed by atoms with E-state index in [9.17, 15) is 9.59 Å². The third kappa shape index (κ3) is 2.82. The molecular formula is C19H27N5O2. The lowest BCUT2D eigenvalue weighted by atomic mass is 9.84. The molecule has 7 nitrogen and oxygen atoms in total. The van der Waals surface area contributed by atoms with Crippen molar-refractivity contribution in [2.75, 3.05) is 19.6 Å². The molecule has 26 heavy (non-hydrogen) atoms. The summed E-state index contributed by atoms with van der Waals surface area (Å²) in [7, 11) is 0. The van der Waals surface area contributed by atoms with Gasteiger partial charge in [0.15, 0.2) is 0 Å². The first-order chi connectivity index (χ1) is 12.7. The van der Waals surface area contributed by atoms with E-state index in [0.717, 1.165) is 56.8 Å². The number of carbonyl (C=O) groups excluding carboxylic acids is 2. The maximum Gasteiger partial charge on any atom is 0.226 e. The molecule has 2 saturated carbocycles. The van der Waals surface area contributed by atoms with Gasteiger partial charge in [-0.1, -0.05) is 6.42 Å². The molecule has 1 saturated heterocycles. The molecule has 1 aromatic heterocycles. The molecule has 140 valence electrons. The number of hydrogen-bond acceptors (Lipinski definition) is 4. The molecular weight excluding hydrogens is 330 g/mol. The van der Waals surface area contributed by atoms with Crippen LogP contribution >= 0.6 is 0 Å². The molecule has 2 N–H and O–H groups in total. The van der Waals surface area contributed by atoms with Crippen LogP contribution in [-0.2, 0) is 29.2 Å². The number of nitrogens with one attached hydrogen (secondary N) is 2. The van der Waals surface area contributed by atoms with Crippen LogP contribution < -0.4 is 10.6 Å². The van der Waals surface area contributed by atoms with Gasteiger partial charge in [0.05, 0.1) is 24.5 Å². The zero-order chi connectivity index (χ0) is 17.7. The highest BCUT2D eigenvalue weighted by Crippen LogP contribution is 2.48. The summed E-state index contributed by atoms with van der Waals surface area (Å²) >= 11 is 0. The second-order valence-electron chi connectivity index (χ2n) is 8.32. The van der Waals surface area contributed by atoms with Crippen molar-refractivity contribution in [2.45, 2.75) is 45.3 Å². The number of aryl methyl sites for hydroxylation is 1. The van der Waals surface area contributed by atoms with Crippen molar-refractivity contribution < 1.29 is 9.59 Å². The van der Waals surface area contributed by atoms with E-state index < -0.39 is 0 Å². The Labute approximate surface area is 153 Å². The van der Waals surface area contributed by atoms with Crippen molar-refractivity contribution >= 4 is 11.8 Å². The van der Waals surface area contributed by atoms with Gasteiger partial charge in [-0.3, -0.25) is 14.3 Å². The molecule has 2 aliphatic carbocycles. The van der Waals surface area contributed by atoms with Gasteiger partial charge in [-0.25, -0.2) is 0 Å². The van der Waals surface area contributed by atoms with E-state index in [0.29, 0.717) is 30.8 Å². The molecule has 3 fully saturated rings. The average Bonchev–Trinajstić information content (AvgIpc) is 2.92. The predicted octanol–water partition coefficient (Wildman–Crippen LogP) is 0.497. The molecule has 4 aliphatic rings. The summed E-state index contributed by atoms with van der Waals surface area (Å²) in [5.74, 6) is 2.02.